The Morgan fingerprint density at radius 3 is 1.77 bits per heavy atom. The maximum absolute atomic E-state index is 2.88. The molecular formula is C12H19Al. The molecule has 0 aliphatic heterocycles. The summed E-state index contributed by atoms with van der Waals surface area (Å²) in [5, 5.41) is 0. The van der Waals surface area contributed by atoms with Crippen LogP contribution < -0.4 is 4.43 Å². The average molecular weight is 190 g/mol. The molecule has 0 atom stereocenters. The molecule has 1 rings (SSSR count). The predicted molar refractivity (Wildman–Crippen MR) is 62.2 cm³/mol. The van der Waals surface area contributed by atoms with Crippen molar-refractivity contribution in [3.05, 3.63) is 28.8 Å². The van der Waals surface area contributed by atoms with Gasteiger partial charge in [0, 0.05) is 0 Å². The first-order chi connectivity index (χ1) is 6.22. The fraction of sp³-hybridized carbons (Fsp3) is 0.500. The molecule has 13 heavy (non-hydrogen) atoms. The molecule has 1 aromatic carbocycles. The fourth-order valence-electron chi connectivity index (χ4n) is 1.64. The fourth-order valence-corrected chi connectivity index (χ4v) is 2.22. The van der Waals surface area contributed by atoms with Gasteiger partial charge in [-0.1, -0.05) is 0 Å². The van der Waals surface area contributed by atoms with E-state index >= 15 is 0 Å². The first-order valence-corrected chi connectivity index (χ1v) is 5.70. The van der Waals surface area contributed by atoms with E-state index in [0.29, 0.717) is 0 Å². The van der Waals surface area contributed by atoms with Gasteiger partial charge in [-0.25, -0.2) is 0 Å². The van der Waals surface area contributed by atoms with Gasteiger partial charge in [-0.15, -0.1) is 0 Å². The maximum Gasteiger partial charge on any atom is -1.00 e. The molecule has 0 aromatic heterocycles. The van der Waals surface area contributed by atoms with Gasteiger partial charge in [-0.05, 0) is 0 Å². The summed E-state index contributed by atoms with van der Waals surface area (Å²) in [7, 11) is 0. The molecule has 70 valence electrons. The van der Waals surface area contributed by atoms with Crippen molar-refractivity contribution in [1.29, 1.82) is 0 Å². The van der Waals surface area contributed by atoms with Gasteiger partial charge in [-0.3, -0.25) is 0 Å². The van der Waals surface area contributed by atoms with Gasteiger partial charge in [0.05, 0.1) is 0 Å². The number of hydrogen-bond donors (Lipinski definition) is 0. The minimum atomic E-state index is 0. The molecule has 0 aliphatic rings. The van der Waals surface area contributed by atoms with Crippen molar-refractivity contribution < 1.29 is 2.85 Å². The molecule has 0 saturated heterocycles. The largest absolute Gasteiger partial charge is 1.00 e. The van der Waals surface area contributed by atoms with E-state index < -0.39 is 0 Å². The summed E-state index contributed by atoms with van der Waals surface area (Å²) < 4.78 is 1.42. The van der Waals surface area contributed by atoms with Crippen LogP contribution in [0.25, 0.3) is 0 Å². The van der Waals surface area contributed by atoms with E-state index in [9.17, 15) is 0 Å². The summed E-state index contributed by atoms with van der Waals surface area (Å²) in [6.07, 6.45) is 3.42. The zero-order chi connectivity index (χ0) is 9.84. The smallest absolute Gasteiger partial charge is 1.00 e. The first kappa shape index (κ1) is 10.8. The van der Waals surface area contributed by atoms with Crippen LogP contribution in [0.15, 0.2) is 12.1 Å². The quantitative estimate of drug-likeness (QED) is 0.642. The van der Waals surface area contributed by atoms with E-state index in [-0.39, 0.29) is 2.85 Å². The summed E-state index contributed by atoms with van der Waals surface area (Å²) in [5.74, 6) is 0. The van der Waals surface area contributed by atoms with Crippen LogP contribution in [0.2, 0.25) is 0 Å². The molecule has 1 heteroatoms. The molecule has 0 N–H and O–H groups in total. The van der Waals surface area contributed by atoms with Crippen molar-refractivity contribution in [2.45, 2.75) is 40.0 Å². The first-order valence-electron chi connectivity index (χ1n) is 5.13. The Kier molecular flexibility index (Phi) is 4.03. The Balaban J connectivity index is 0. The van der Waals surface area contributed by atoms with E-state index in [1.807, 2.05) is 0 Å². The standard InChI is InChI=1S/C12H17.Al.2H/c1-4-10-7-11(5-2)9-12(6-3)8-10;;;/h7-8H,4-6H2,1-3H3;;;/q;+2;2*-1. The van der Waals surface area contributed by atoms with E-state index in [1.54, 1.807) is 0 Å². The second-order valence-electron chi connectivity index (χ2n) is 3.39. The van der Waals surface area contributed by atoms with Crippen molar-refractivity contribution in [3.63, 3.8) is 0 Å². The Bertz CT molecular complexity index is 273. The molecule has 0 amide bonds. The zero-order valence-corrected chi connectivity index (χ0v) is 10.0. The van der Waals surface area contributed by atoms with Crippen LogP contribution in [0.4, 0.5) is 0 Å². The Morgan fingerprint density at radius 1 is 1.00 bits per heavy atom. The molecule has 0 fully saturated rings. The van der Waals surface area contributed by atoms with Crippen molar-refractivity contribution in [2.24, 2.45) is 0 Å². The minimum absolute atomic E-state index is 0. The summed E-state index contributed by atoms with van der Waals surface area (Å²) in [6, 6.07) is 4.67. The monoisotopic (exact) mass is 190 g/mol. The van der Waals surface area contributed by atoms with Crippen molar-refractivity contribution in [2.75, 3.05) is 0 Å². The molecule has 0 saturated carbocycles. The predicted octanol–water partition coefficient (Wildman–Crippen LogP) is 2.39. The second kappa shape index (κ2) is 4.84. The van der Waals surface area contributed by atoms with Crippen molar-refractivity contribution >= 4 is 20.7 Å². The molecule has 0 bridgehead atoms. The Hall–Kier alpha value is -0.248. The van der Waals surface area contributed by atoms with Crippen LogP contribution in [0, 0.1) is 0 Å². The third-order valence-corrected chi connectivity index (χ3v) is 3.32. The van der Waals surface area contributed by atoms with Crippen LogP contribution >= 0.6 is 0 Å². The van der Waals surface area contributed by atoms with Gasteiger partial charge >= 0.3 is 89.6 Å². The van der Waals surface area contributed by atoms with Gasteiger partial charge in [0.2, 0.25) is 0 Å². The van der Waals surface area contributed by atoms with Crippen molar-refractivity contribution in [3.8, 4) is 0 Å². The maximum atomic E-state index is 2.88. The third-order valence-electron chi connectivity index (χ3n) is 2.58. The zero-order valence-electron chi connectivity index (χ0n) is 10.9. The molecule has 0 radical (unpaired) electrons. The third kappa shape index (κ3) is 2.36. The van der Waals surface area contributed by atoms with Gasteiger partial charge < -0.3 is 2.85 Å². The van der Waals surface area contributed by atoms with E-state index in [4.69, 9.17) is 0 Å². The molecular weight excluding hydrogens is 171 g/mol. The summed E-state index contributed by atoms with van der Waals surface area (Å²) in [5.41, 5.74) is 4.45. The van der Waals surface area contributed by atoms with Crippen molar-refractivity contribution in [1.82, 2.24) is 0 Å². The summed E-state index contributed by atoms with van der Waals surface area (Å²) in [6.45, 7) is 6.67. The number of hydrogen-bond acceptors (Lipinski definition) is 0. The number of aryl methyl sites for hydroxylation is 3. The van der Waals surface area contributed by atoms with E-state index in [0.717, 1.165) is 19.3 Å². The van der Waals surface area contributed by atoms with Crippen LogP contribution in [-0.4, -0.2) is 16.3 Å². The minimum Gasteiger partial charge on any atom is -1.00 e. The number of rotatable bonds is 3. The summed E-state index contributed by atoms with van der Waals surface area (Å²) in [4.78, 5) is 0. The van der Waals surface area contributed by atoms with Crippen LogP contribution in [0.3, 0.4) is 0 Å². The molecule has 0 unspecified atom stereocenters. The van der Waals surface area contributed by atoms with E-state index in [2.05, 4.69) is 49.2 Å². The van der Waals surface area contributed by atoms with Crippen LogP contribution in [0.1, 0.15) is 40.3 Å². The second-order valence-corrected chi connectivity index (χ2v) is 3.97. The Labute approximate surface area is 92.8 Å². The Morgan fingerprint density at radius 2 is 1.46 bits per heavy atom. The molecule has 0 heterocycles. The van der Waals surface area contributed by atoms with Crippen LogP contribution in [0.5, 0.6) is 0 Å². The van der Waals surface area contributed by atoms with Crippen LogP contribution in [-0.2, 0) is 19.3 Å². The molecule has 1 aromatic rings. The van der Waals surface area contributed by atoms with Gasteiger partial charge in [0.1, 0.15) is 0 Å². The topological polar surface area (TPSA) is 0 Å². The van der Waals surface area contributed by atoms with Gasteiger partial charge in [0.25, 0.3) is 0 Å². The molecule has 0 spiro atoms. The number of benzene rings is 1. The van der Waals surface area contributed by atoms with Gasteiger partial charge in [0.15, 0.2) is 0 Å². The SMILES string of the molecule is CCc1cc(CC)[c]([Al+2])c(CC)c1.[H-].[H-]. The molecule has 0 nitrogen and oxygen atoms in total. The van der Waals surface area contributed by atoms with Gasteiger partial charge in [-0.2, -0.15) is 0 Å². The average Bonchev–Trinajstić information content (AvgIpc) is 2.18. The normalized spacial score (nSPS) is 10.5. The molecule has 0 aliphatic carbocycles. The summed E-state index contributed by atoms with van der Waals surface area (Å²) >= 11 is 2.88. The van der Waals surface area contributed by atoms with E-state index in [1.165, 1.54) is 21.1 Å².